The summed E-state index contributed by atoms with van der Waals surface area (Å²) in [7, 11) is 1.43. The highest BCUT2D eigenvalue weighted by Gasteiger charge is 2.36. The molecule has 0 aromatic heterocycles. The van der Waals surface area contributed by atoms with E-state index in [1.165, 1.54) is 25.3 Å². The molecular weight excluding hydrogens is 362 g/mol. The smallest absolute Gasteiger partial charge is 0.293 e. The van der Waals surface area contributed by atoms with Crippen LogP contribution in [0.3, 0.4) is 0 Å². The Bertz CT molecular complexity index is 957. The van der Waals surface area contributed by atoms with Crippen molar-refractivity contribution in [3.05, 3.63) is 57.6 Å². The van der Waals surface area contributed by atoms with E-state index in [9.17, 15) is 19.7 Å². The molecule has 0 bridgehead atoms. The van der Waals surface area contributed by atoms with Crippen molar-refractivity contribution in [2.75, 3.05) is 23.9 Å². The molecule has 3 rings (SSSR count). The maximum Gasteiger partial charge on any atom is 0.293 e. The van der Waals surface area contributed by atoms with Crippen LogP contribution in [0.2, 0.25) is 0 Å². The number of carbonyl (C=O) groups is 2. The van der Waals surface area contributed by atoms with Gasteiger partial charge in [0.05, 0.1) is 18.0 Å². The number of hydrogen-bond donors (Lipinski definition) is 1. The number of hydrogen-bond acceptors (Lipinski definition) is 5. The Hall–Kier alpha value is -3.42. The average Bonchev–Trinajstić information content (AvgIpc) is 3.05. The van der Waals surface area contributed by atoms with Crippen LogP contribution in [0.15, 0.2) is 36.4 Å². The number of anilines is 2. The second-order valence-electron chi connectivity index (χ2n) is 6.80. The number of nitrogens with one attached hydrogen (secondary N) is 1. The minimum atomic E-state index is -0.597. The summed E-state index contributed by atoms with van der Waals surface area (Å²) in [5.41, 5.74) is 2.74. The van der Waals surface area contributed by atoms with Crippen LogP contribution < -0.4 is 15.0 Å². The quantitative estimate of drug-likeness (QED) is 0.631. The zero-order valence-electron chi connectivity index (χ0n) is 15.9. The molecule has 2 amide bonds. The number of methoxy groups -OCH3 is 1. The summed E-state index contributed by atoms with van der Waals surface area (Å²) >= 11 is 0. The van der Waals surface area contributed by atoms with Crippen LogP contribution in [0.5, 0.6) is 5.75 Å². The zero-order chi connectivity index (χ0) is 20.4. The maximum atomic E-state index is 12.7. The van der Waals surface area contributed by atoms with Crippen LogP contribution in [0, 0.1) is 29.9 Å². The molecule has 1 atom stereocenters. The number of aryl methyl sites for hydroxylation is 2. The molecule has 146 valence electrons. The number of benzene rings is 2. The largest absolute Gasteiger partial charge is 0.497 e. The minimum absolute atomic E-state index is 0.0476. The zero-order valence-corrected chi connectivity index (χ0v) is 15.9. The predicted octanol–water partition coefficient (Wildman–Crippen LogP) is 3.21. The molecule has 28 heavy (non-hydrogen) atoms. The molecule has 0 aliphatic carbocycles. The number of ether oxygens (including phenoxy) is 1. The number of carbonyl (C=O) groups excluding carboxylic acids is 2. The first kappa shape index (κ1) is 19.3. The van der Waals surface area contributed by atoms with Gasteiger partial charge in [-0.1, -0.05) is 6.07 Å². The van der Waals surface area contributed by atoms with Crippen molar-refractivity contribution < 1.29 is 19.2 Å². The molecule has 1 heterocycles. The van der Waals surface area contributed by atoms with Gasteiger partial charge in [-0.15, -0.1) is 0 Å². The van der Waals surface area contributed by atoms with Crippen molar-refractivity contribution in [2.45, 2.75) is 20.3 Å². The summed E-state index contributed by atoms with van der Waals surface area (Å²) in [6, 6.07) is 9.83. The van der Waals surface area contributed by atoms with Gasteiger partial charge in [-0.2, -0.15) is 0 Å². The topological polar surface area (TPSA) is 102 Å². The van der Waals surface area contributed by atoms with Crippen molar-refractivity contribution in [2.24, 2.45) is 5.92 Å². The van der Waals surface area contributed by atoms with Gasteiger partial charge < -0.3 is 15.0 Å². The van der Waals surface area contributed by atoms with E-state index in [1.807, 2.05) is 32.0 Å². The number of nitro benzene ring substituents is 1. The third-order valence-corrected chi connectivity index (χ3v) is 4.96. The van der Waals surface area contributed by atoms with Gasteiger partial charge in [0.2, 0.25) is 11.8 Å². The van der Waals surface area contributed by atoms with Gasteiger partial charge in [-0.3, -0.25) is 19.7 Å². The Morgan fingerprint density at radius 1 is 1.21 bits per heavy atom. The number of nitro groups is 1. The molecule has 8 heteroatoms. The third-order valence-electron chi connectivity index (χ3n) is 4.96. The maximum absolute atomic E-state index is 12.7. The summed E-state index contributed by atoms with van der Waals surface area (Å²) in [4.78, 5) is 37.3. The molecule has 1 aliphatic heterocycles. The van der Waals surface area contributed by atoms with Crippen LogP contribution in [0.4, 0.5) is 17.1 Å². The number of nitrogens with zero attached hydrogens (tertiary/aromatic N) is 2. The predicted molar refractivity (Wildman–Crippen MR) is 105 cm³/mol. The average molecular weight is 383 g/mol. The van der Waals surface area contributed by atoms with E-state index in [0.717, 1.165) is 16.8 Å². The second-order valence-corrected chi connectivity index (χ2v) is 6.80. The van der Waals surface area contributed by atoms with E-state index in [4.69, 9.17) is 4.74 Å². The first-order valence-corrected chi connectivity index (χ1v) is 8.81. The summed E-state index contributed by atoms with van der Waals surface area (Å²) in [5.74, 6) is -0.792. The Kier molecular flexibility index (Phi) is 5.30. The Balaban J connectivity index is 1.78. The van der Waals surface area contributed by atoms with E-state index in [0.29, 0.717) is 5.75 Å². The fourth-order valence-electron chi connectivity index (χ4n) is 3.16. The van der Waals surface area contributed by atoms with Gasteiger partial charge in [-0.05, 0) is 43.2 Å². The molecule has 1 N–H and O–H groups in total. The van der Waals surface area contributed by atoms with E-state index in [1.54, 1.807) is 4.90 Å². The number of rotatable bonds is 5. The van der Waals surface area contributed by atoms with Crippen molar-refractivity contribution in [3.8, 4) is 5.75 Å². The number of amides is 2. The Labute approximate surface area is 162 Å². The fourth-order valence-corrected chi connectivity index (χ4v) is 3.16. The van der Waals surface area contributed by atoms with Crippen LogP contribution in [0.25, 0.3) is 0 Å². The molecular formula is C20H21N3O5. The van der Waals surface area contributed by atoms with Crippen LogP contribution in [-0.4, -0.2) is 30.4 Å². The van der Waals surface area contributed by atoms with Crippen molar-refractivity contribution in [1.29, 1.82) is 0 Å². The lowest BCUT2D eigenvalue weighted by molar-refractivity contribution is -0.383. The van der Waals surface area contributed by atoms with E-state index < -0.39 is 16.7 Å². The van der Waals surface area contributed by atoms with Gasteiger partial charge in [0.25, 0.3) is 5.69 Å². The Morgan fingerprint density at radius 2 is 1.96 bits per heavy atom. The highest BCUT2D eigenvalue weighted by molar-refractivity contribution is 6.04. The van der Waals surface area contributed by atoms with Crippen molar-refractivity contribution in [3.63, 3.8) is 0 Å². The summed E-state index contributed by atoms with van der Waals surface area (Å²) in [5, 5.41) is 13.8. The SMILES string of the molecule is COc1ccc([N+](=O)[O-])c(NC(=O)[C@H]2CC(=O)N(c3ccc(C)c(C)c3)C2)c1. The summed E-state index contributed by atoms with van der Waals surface area (Å²) in [6.07, 6.45) is 0.0521. The molecule has 1 saturated heterocycles. The van der Waals surface area contributed by atoms with Crippen molar-refractivity contribution in [1.82, 2.24) is 0 Å². The van der Waals surface area contributed by atoms with Gasteiger partial charge in [-0.25, -0.2) is 0 Å². The van der Waals surface area contributed by atoms with Gasteiger partial charge in [0, 0.05) is 30.8 Å². The molecule has 2 aromatic carbocycles. The third kappa shape index (κ3) is 3.80. The molecule has 1 fully saturated rings. The monoisotopic (exact) mass is 383 g/mol. The van der Waals surface area contributed by atoms with Crippen LogP contribution in [-0.2, 0) is 9.59 Å². The first-order chi connectivity index (χ1) is 13.3. The molecule has 2 aromatic rings. The van der Waals surface area contributed by atoms with Crippen molar-refractivity contribution >= 4 is 28.9 Å². The Morgan fingerprint density at radius 3 is 2.61 bits per heavy atom. The lowest BCUT2D eigenvalue weighted by Crippen LogP contribution is -2.28. The fraction of sp³-hybridized carbons (Fsp3) is 0.300. The van der Waals surface area contributed by atoms with Gasteiger partial charge in [0.15, 0.2) is 0 Å². The molecule has 0 spiro atoms. The molecule has 8 nitrogen and oxygen atoms in total. The lowest BCUT2D eigenvalue weighted by Gasteiger charge is -2.18. The first-order valence-electron chi connectivity index (χ1n) is 8.81. The minimum Gasteiger partial charge on any atom is -0.497 e. The molecule has 0 radical (unpaired) electrons. The molecule has 1 aliphatic rings. The molecule has 0 unspecified atom stereocenters. The van der Waals surface area contributed by atoms with E-state index in [2.05, 4.69) is 5.32 Å². The summed E-state index contributed by atoms with van der Waals surface area (Å²) in [6.45, 7) is 4.18. The lowest BCUT2D eigenvalue weighted by atomic mass is 10.1. The van der Waals surface area contributed by atoms with Crippen LogP contribution in [0.1, 0.15) is 17.5 Å². The second kappa shape index (κ2) is 7.67. The van der Waals surface area contributed by atoms with Gasteiger partial charge >= 0.3 is 0 Å². The highest BCUT2D eigenvalue weighted by Crippen LogP contribution is 2.31. The van der Waals surface area contributed by atoms with Gasteiger partial charge in [0.1, 0.15) is 11.4 Å². The normalized spacial score (nSPS) is 16.2. The van der Waals surface area contributed by atoms with Crippen LogP contribution >= 0.6 is 0 Å². The highest BCUT2D eigenvalue weighted by atomic mass is 16.6. The van der Waals surface area contributed by atoms with E-state index >= 15 is 0 Å². The van der Waals surface area contributed by atoms with E-state index in [-0.39, 0.29) is 30.2 Å². The summed E-state index contributed by atoms with van der Waals surface area (Å²) < 4.78 is 5.07. The molecule has 0 saturated carbocycles. The standard InChI is InChI=1S/C20H21N3O5/c1-12-4-5-15(8-13(12)2)22-11-14(9-19(22)24)20(25)21-17-10-16(28-3)6-7-18(17)23(26)27/h4-8,10,14H,9,11H2,1-3H3,(H,21,25)/t14-/m0/s1.